The van der Waals surface area contributed by atoms with E-state index in [9.17, 15) is 9.50 Å². The molecule has 2 rings (SSSR count). The lowest BCUT2D eigenvalue weighted by atomic mass is 10.2. The van der Waals surface area contributed by atoms with E-state index in [0.29, 0.717) is 10.2 Å². The molecule has 0 spiro atoms. The summed E-state index contributed by atoms with van der Waals surface area (Å²) in [7, 11) is 0. The summed E-state index contributed by atoms with van der Waals surface area (Å²) >= 11 is 3.07. The van der Waals surface area contributed by atoms with Gasteiger partial charge >= 0.3 is 0 Å². The second-order valence-corrected chi connectivity index (χ2v) is 4.58. The van der Waals surface area contributed by atoms with E-state index in [-0.39, 0.29) is 11.9 Å². The molecule has 0 aliphatic heterocycles. The van der Waals surface area contributed by atoms with Crippen LogP contribution < -0.4 is 4.74 Å². The molecule has 2 nitrogen and oxygen atoms in total. The first-order valence-corrected chi connectivity index (χ1v) is 5.76. The first-order valence-electron chi connectivity index (χ1n) is 4.96. The molecule has 1 saturated carbocycles. The van der Waals surface area contributed by atoms with Crippen LogP contribution in [0.1, 0.15) is 19.3 Å². The van der Waals surface area contributed by atoms with Crippen molar-refractivity contribution in [3.63, 3.8) is 0 Å². The van der Waals surface area contributed by atoms with Gasteiger partial charge in [0.1, 0.15) is 17.7 Å². The molecule has 4 heteroatoms. The summed E-state index contributed by atoms with van der Waals surface area (Å²) in [5, 5.41) is 9.55. The van der Waals surface area contributed by atoms with Crippen LogP contribution in [0, 0.1) is 5.82 Å². The van der Waals surface area contributed by atoms with Crippen LogP contribution in [0.5, 0.6) is 5.75 Å². The number of benzene rings is 1. The third kappa shape index (κ3) is 2.49. The van der Waals surface area contributed by atoms with Crippen molar-refractivity contribution in [1.82, 2.24) is 0 Å². The standard InChI is InChI=1S/C11H12BrFO2/c12-8-5-4-7(6-9(8)13)15-11-3-1-2-10(11)14/h4-6,10-11,14H,1-3H2/t10-,11-/m1/s1. The Morgan fingerprint density at radius 1 is 1.40 bits per heavy atom. The molecule has 0 saturated heterocycles. The molecule has 2 atom stereocenters. The van der Waals surface area contributed by atoms with Gasteiger partial charge in [0.25, 0.3) is 0 Å². The van der Waals surface area contributed by atoms with E-state index in [1.165, 1.54) is 6.07 Å². The SMILES string of the molecule is O[C@@H]1CCC[C@H]1Oc1ccc(Br)c(F)c1. The van der Waals surface area contributed by atoms with Gasteiger partial charge < -0.3 is 9.84 Å². The van der Waals surface area contributed by atoms with Crippen molar-refractivity contribution in [2.45, 2.75) is 31.5 Å². The van der Waals surface area contributed by atoms with Gasteiger partial charge in [-0.05, 0) is 47.3 Å². The van der Waals surface area contributed by atoms with Crippen LogP contribution in [-0.4, -0.2) is 17.3 Å². The zero-order valence-electron chi connectivity index (χ0n) is 8.12. The van der Waals surface area contributed by atoms with Crippen LogP contribution in [0.4, 0.5) is 4.39 Å². The average Bonchev–Trinajstić information content (AvgIpc) is 2.59. The Bertz CT molecular complexity index is 356. The number of aliphatic hydroxyl groups is 1. The molecule has 0 heterocycles. The maximum absolute atomic E-state index is 13.2. The zero-order chi connectivity index (χ0) is 10.8. The van der Waals surface area contributed by atoms with Crippen LogP contribution >= 0.6 is 15.9 Å². The maximum Gasteiger partial charge on any atom is 0.141 e. The molecule has 1 aromatic carbocycles. The summed E-state index contributed by atoms with van der Waals surface area (Å²) in [5.74, 6) is 0.127. The van der Waals surface area contributed by atoms with Gasteiger partial charge in [-0.15, -0.1) is 0 Å². The molecular formula is C11H12BrFO2. The highest BCUT2D eigenvalue weighted by Gasteiger charge is 2.26. The fourth-order valence-corrected chi connectivity index (χ4v) is 2.02. The van der Waals surface area contributed by atoms with Crippen molar-refractivity contribution in [3.05, 3.63) is 28.5 Å². The third-order valence-electron chi connectivity index (χ3n) is 2.60. The van der Waals surface area contributed by atoms with Gasteiger partial charge in [0, 0.05) is 6.07 Å². The van der Waals surface area contributed by atoms with Crippen molar-refractivity contribution < 1.29 is 14.2 Å². The average molecular weight is 275 g/mol. The van der Waals surface area contributed by atoms with E-state index < -0.39 is 6.10 Å². The summed E-state index contributed by atoms with van der Waals surface area (Å²) in [6.07, 6.45) is 1.95. The van der Waals surface area contributed by atoms with E-state index in [1.807, 2.05) is 0 Å². The quantitative estimate of drug-likeness (QED) is 0.899. The molecule has 0 unspecified atom stereocenters. The summed E-state index contributed by atoms with van der Waals surface area (Å²) in [6.45, 7) is 0. The van der Waals surface area contributed by atoms with Gasteiger partial charge in [-0.2, -0.15) is 0 Å². The predicted octanol–water partition coefficient (Wildman–Crippen LogP) is 2.88. The first kappa shape index (κ1) is 10.9. The van der Waals surface area contributed by atoms with Gasteiger partial charge in [0.15, 0.2) is 0 Å². The van der Waals surface area contributed by atoms with E-state index >= 15 is 0 Å². The summed E-state index contributed by atoms with van der Waals surface area (Å²) in [6, 6.07) is 4.62. The first-order chi connectivity index (χ1) is 7.16. The van der Waals surface area contributed by atoms with Gasteiger partial charge in [-0.25, -0.2) is 4.39 Å². The van der Waals surface area contributed by atoms with Crippen LogP contribution in [0.3, 0.4) is 0 Å². The lowest BCUT2D eigenvalue weighted by Gasteiger charge is -2.17. The fraction of sp³-hybridized carbons (Fsp3) is 0.455. The molecule has 0 aromatic heterocycles. The van der Waals surface area contributed by atoms with Gasteiger partial charge in [0.05, 0.1) is 10.6 Å². The Morgan fingerprint density at radius 3 is 2.80 bits per heavy atom. The smallest absolute Gasteiger partial charge is 0.141 e. The molecule has 0 radical (unpaired) electrons. The van der Waals surface area contributed by atoms with Crippen molar-refractivity contribution in [1.29, 1.82) is 0 Å². The van der Waals surface area contributed by atoms with E-state index in [2.05, 4.69) is 15.9 Å². The Hall–Kier alpha value is -0.610. The lowest BCUT2D eigenvalue weighted by Crippen LogP contribution is -2.25. The zero-order valence-corrected chi connectivity index (χ0v) is 9.71. The highest BCUT2D eigenvalue weighted by atomic mass is 79.9. The Labute approximate surface area is 96.2 Å². The van der Waals surface area contributed by atoms with E-state index in [0.717, 1.165) is 19.3 Å². The molecule has 1 aliphatic carbocycles. The van der Waals surface area contributed by atoms with E-state index in [1.54, 1.807) is 12.1 Å². The van der Waals surface area contributed by atoms with Gasteiger partial charge in [-0.3, -0.25) is 0 Å². The topological polar surface area (TPSA) is 29.5 Å². The molecular weight excluding hydrogens is 263 g/mol. The fourth-order valence-electron chi connectivity index (χ4n) is 1.77. The summed E-state index contributed by atoms with van der Waals surface area (Å²) < 4.78 is 19.1. The normalized spacial score (nSPS) is 25.5. The van der Waals surface area contributed by atoms with Gasteiger partial charge in [0.2, 0.25) is 0 Å². The third-order valence-corrected chi connectivity index (χ3v) is 3.24. The number of halogens is 2. The minimum atomic E-state index is -0.420. The van der Waals surface area contributed by atoms with Crippen LogP contribution in [-0.2, 0) is 0 Å². The van der Waals surface area contributed by atoms with Crippen molar-refractivity contribution >= 4 is 15.9 Å². The molecule has 1 aromatic rings. The number of hydrogen-bond acceptors (Lipinski definition) is 2. The molecule has 0 bridgehead atoms. The summed E-state index contributed by atoms with van der Waals surface area (Å²) in [5.41, 5.74) is 0. The number of rotatable bonds is 2. The number of aliphatic hydroxyl groups excluding tert-OH is 1. The van der Waals surface area contributed by atoms with Crippen LogP contribution in [0.2, 0.25) is 0 Å². The maximum atomic E-state index is 13.2. The van der Waals surface area contributed by atoms with E-state index in [4.69, 9.17) is 4.74 Å². The predicted molar refractivity (Wildman–Crippen MR) is 58.4 cm³/mol. The largest absolute Gasteiger partial charge is 0.488 e. The lowest BCUT2D eigenvalue weighted by molar-refractivity contribution is 0.0602. The molecule has 1 aliphatic rings. The molecule has 82 valence electrons. The van der Waals surface area contributed by atoms with Crippen molar-refractivity contribution in [3.8, 4) is 5.75 Å². The molecule has 15 heavy (non-hydrogen) atoms. The molecule has 0 amide bonds. The van der Waals surface area contributed by atoms with Crippen molar-refractivity contribution in [2.75, 3.05) is 0 Å². The second-order valence-electron chi connectivity index (χ2n) is 3.73. The Morgan fingerprint density at radius 2 is 2.20 bits per heavy atom. The Balaban J connectivity index is 2.07. The Kier molecular flexibility index (Phi) is 3.26. The van der Waals surface area contributed by atoms with Crippen molar-refractivity contribution in [2.24, 2.45) is 0 Å². The minimum Gasteiger partial charge on any atom is -0.488 e. The number of hydrogen-bond donors (Lipinski definition) is 1. The molecule has 1 N–H and O–H groups in total. The second kappa shape index (κ2) is 4.49. The van der Waals surface area contributed by atoms with Gasteiger partial charge in [-0.1, -0.05) is 0 Å². The molecule has 1 fully saturated rings. The highest BCUT2D eigenvalue weighted by Crippen LogP contribution is 2.27. The van der Waals surface area contributed by atoms with Crippen LogP contribution in [0.15, 0.2) is 22.7 Å². The summed E-state index contributed by atoms with van der Waals surface area (Å²) in [4.78, 5) is 0. The van der Waals surface area contributed by atoms with Crippen LogP contribution in [0.25, 0.3) is 0 Å². The monoisotopic (exact) mass is 274 g/mol. The number of ether oxygens (including phenoxy) is 1. The minimum absolute atomic E-state index is 0.189. The highest BCUT2D eigenvalue weighted by molar-refractivity contribution is 9.10.